The van der Waals surface area contributed by atoms with E-state index in [2.05, 4.69) is 44.0 Å². The van der Waals surface area contributed by atoms with Crippen LogP contribution in [0.1, 0.15) is 85.3 Å². The topological polar surface area (TPSA) is 50.2 Å². The fourth-order valence-electron chi connectivity index (χ4n) is 6.02. The van der Waals surface area contributed by atoms with Gasteiger partial charge in [-0.05, 0) is 65.1 Å². The van der Waals surface area contributed by atoms with Gasteiger partial charge >= 0.3 is 0 Å². The molecule has 7 heteroatoms. The van der Waals surface area contributed by atoms with E-state index in [0.717, 1.165) is 53.3 Å². The van der Waals surface area contributed by atoms with Crippen LogP contribution in [0.15, 0.2) is 54.4 Å². The van der Waals surface area contributed by atoms with Crippen molar-refractivity contribution in [3.05, 3.63) is 83.3 Å². The number of nitrogens with zero attached hydrogens (tertiary/aromatic N) is 1. The van der Waals surface area contributed by atoms with Crippen molar-refractivity contribution in [2.75, 3.05) is 0 Å². The van der Waals surface area contributed by atoms with Crippen molar-refractivity contribution < 1.29 is 38.8 Å². The third-order valence-electron chi connectivity index (χ3n) is 8.91. The first kappa shape index (κ1) is 40.4. The summed E-state index contributed by atoms with van der Waals surface area (Å²) in [4.78, 5) is 16.4. The largest absolute Gasteiger partial charge is 0.512 e. The Hall–Kier alpha value is -2.73. The quantitative estimate of drug-likeness (QED) is 0.0601. The van der Waals surface area contributed by atoms with Crippen LogP contribution in [0.5, 0.6) is 0 Å². The van der Waals surface area contributed by atoms with Gasteiger partial charge in [-0.2, -0.15) is 0 Å². The van der Waals surface area contributed by atoms with Crippen molar-refractivity contribution in [3.8, 4) is 11.3 Å². The van der Waals surface area contributed by atoms with Crippen molar-refractivity contribution in [3.63, 3.8) is 0 Å². The van der Waals surface area contributed by atoms with Crippen LogP contribution < -0.4 is 5.19 Å². The molecule has 0 aliphatic heterocycles. The van der Waals surface area contributed by atoms with Crippen LogP contribution in [-0.4, -0.2) is 23.9 Å². The Morgan fingerprint density at radius 1 is 0.894 bits per heavy atom. The van der Waals surface area contributed by atoms with Gasteiger partial charge in [0.2, 0.25) is 0 Å². The van der Waals surface area contributed by atoms with Crippen molar-refractivity contribution in [1.82, 2.24) is 4.98 Å². The molecular formula is C40H52F2IrNO2Si-. The van der Waals surface area contributed by atoms with Gasteiger partial charge in [-0.1, -0.05) is 87.2 Å². The molecule has 1 aromatic heterocycles. The second-order valence-corrected chi connectivity index (χ2v) is 19.4. The molecule has 0 aliphatic carbocycles. The number of ketones is 1. The smallest absolute Gasteiger partial charge is 0.162 e. The molecular weight excluding hydrogens is 785 g/mol. The van der Waals surface area contributed by atoms with E-state index in [0.29, 0.717) is 10.8 Å². The van der Waals surface area contributed by atoms with E-state index in [1.54, 1.807) is 12.3 Å². The number of aromatic nitrogens is 1. The Bertz CT molecular complexity index is 1730. The first-order chi connectivity index (χ1) is 21.5. The minimum Gasteiger partial charge on any atom is -0.512 e. The number of pyridine rings is 1. The molecule has 3 nitrogen and oxygen atoms in total. The first-order valence-corrected chi connectivity index (χ1v) is 20.2. The number of halogens is 2. The van der Waals surface area contributed by atoms with Crippen LogP contribution in [-0.2, 0) is 30.3 Å². The van der Waals surface area contributed by atoms with Gasteiger partial charge in [-0.15, -0.1) is 34.9 Å². The Balaban J connectivity index is 0.000000410. The van der Waals surface area contributed by atoms with E-state index in [1.807, 2.05) is 66.4 Å². The number of fused-ring (bicyclic) bond motifs is 3. The Morgan fingerprint density at radius 3 is 2.00 bits per heavy atom. The molecule has 0 saturated heterocycles. The fraction of sp³-hybridized carbons (Fsp3) is 0.450. The number of aryl methyl sites for hydroxylation is 1. The molecule has 1 heterocycles. The average molecular weight is 837 g/mol. The van der Waals surface area contributed by atoms with E-state index in [4.69, 9.17) is 0 Å². The third kappa shape index (κ3) is 9.46. The first-order valence-electron chi connectivity index (χ1n) is 16.7. The number of allylic oxidation sites excluding steroid dienone is 2. The molecule has 257 valence electrons. The number of aliphatic hydroxyl groups excluding tert-OH is 1. The number of carbonyl (C=O) groups excluding carboxylic acids is 1. The van der Waals surface area contributed by atoms with Gasteiger partial charge in [-0.25, -0.2) is 8.78 Å². The number of hydrogen-bond acceptors (Lipinski definition) is 3. The SMILES string of the molecule is CCC(CC)C(=O)/C=C(\O)C(CC)CC.Cc1[c-]c(-c2nccc3c2ccc2c(F)c([Si](C)(C)C)c(F)cc23)cc(C(C)(C)C)c1.[Ir]. The zero-order chi connectivity index (χ0) is 34.6. The Labute approximate surface area is 295 Å². The molecule has 0 saturated carbocycles. The minimum atomic E-state index is -2.17. The summed E-state index contributed by atoms with van der Waals surface area (Å²) >= 11 is 0. The maximum Gasteiger partial charge on any atom is 0.162 e. The predicted molar refractivity (Wildman–Crippen MR) is 194 cm³/mol. The van der Waals surface area contributed by atoms with Gasteiger partial charge in [0.1, 0.15) is 11.6 Å². The molecule has 3 aromatic carbocycles. The third-order valence-corrected chi connectivity index (χ3v) is 10.9. The number of rotatable bonds is 9. The van der Waals surface area contributed by atoms with Crippen molar-refractivity contribution >= 4 is 40.6 Å². The molecule has 0 bridgehead atoms. The van der Waals surface area contributed by atoms with Crippen molar-refractivity contribution in [1.29, 1.82) is 0 Å². The van der Waals surface area contributed by atoms with Crippen LogP contribution in [0.3, 0.4) is 0 Å². The molecule has 0 atom stereocenters. The van der Waals surface area contributed by atoms with E-state index in [9.17, 15) is 9.90 Å². The molecule has 1 radical (unpaired) electrons. The second-order valence-electron chi connectivity index (χ2n) is 14.4. The van der Waals surface area contributed by atoms with Crippen molar-refractivity contribution in [2.45, 2.75) is 106 Å². The minimum absolute atomic E-state index is 0. The van der Waals surface area contributed by atoms with Gasteiger partial charge in [0.25, 0.3) is 0 Å². The summed E-state index contributed by atoms with van der Waals surface area (Å²) in [6.45, 7) is 22.5. The molecule has 0 amide bonds. The maximum absolute atomic E-state index is 15.4. The Morgan fingerprint density at radius 2 is 1.47 bits per heavy atom. The molecule has 1 N–H and O–H groups in total. The van der Waals surface area contributed by atoms with Gasteiger partial charge in [-0.3, -0.25) is 4.79 Å². The van der Waals surface area contributed by atoms with E-state index < -0.39 is 19.7 Å². The van der Waals surface area contributed by atoms with E-state index in [-0.39, 0.29) is 54.1 Å². The maximum atomic E-state index is 15.4. The molecule has 0 spiro atoms. The molecule has 0 unspecified atom stereocenters. The molecule has 0 aliphatic rings. The van der Waals surface area contributed by atoms with Crippen LogP contribution in [0.25, 0.3) is 32.8 Å². The van der Waals surface area contributed by atoms with Crippen LogP contribution in [0.4, 0.5) is 8.78 Å². The van der Waals surface area contributed by atoms with Crippen molar-refractivity contribution in [2.24, 2.45) is 11.8 Å². The van der Waals surface area contributed by atoms with E-state index in [1.165, 1.54) is 17.7 Å². The summed E-state index contributed by atoms with van der Waals surface area (Å²) in [6.07, 6.45) is 6.62. The predicted octanol–water partition coefficient (Wildman–Crippen LogP) is 11.2. The fourth-order valence-corrected chi connectivity index (χ4v) is 7.60. The normalized spacial score (nSPS) is 12.4. The summed E-state index contributed by atoms with van der Waals surface area (Å²) in [7, 11) is -2.17. The molecule has 0 fully saturated rings. The second kappa shape index (κ2) is 16.6. The summed E-state index contributed by atoms with van der Waals surface area (Å²) in [5.74, 6) is -0.329. The summed E-state index contributed by atoms with van der Waals surface area (Å²) < 4.78 is 30.4. The van der Waals surface area contributed by atoms with Gasteiger partial charge < -0.3 is 10.1 Å². The van der Waals surface area contributed by atoms with Gasteiger partial charge in [0.05, 0.1) is 13.8 Å². The summed E-state index contributed by atoms with van der Waals surface area (Å²) in [5, 5.41) is 12.7. The van der Waals surface area contributed by atoms with Gasteiger partial charge in [0, 0.05) is 54.8 Å². The molecule has 47 heavy (non-hydrogen) atoms. The summed E-state index contributed by atoms with van der Waals surface area (Å²) in [5.41, 5.74) is 3.91. The van der Waals surface area contributed by atoms with Crippen LogP contribution in [0.2, 0.25) is 19.6 Å². The summed E-state index contributed by atoms with van der Waals surface area (Å²) in [6, 6.07) is 14.7. The van der Waals surface area contributed by atoms with Crippen LogP contribution in [0, 0.1) is 36.5 Å². The standard InChI is InChI=1S/C27H28F2NSi.C13H24O2.Ir/c1-16-12-17(14-18(13-16)27(2,3)4)25-21-9-8-20-22(19(21)10-11-30-25)15-23(28)26(24(20)29)31(5,6)7;1-5-10(6-2)12(14)9-13(15)11(7-3)8-4;/h8-11,13-15H,1-7H3;9-11,14H,5-8H2,1-4H3;/q-1;;/b;12-9-;. The van der Waals surface area contributed by atoms with Crippen LogP contribution >= 0.6 is 0 Å². The zero-order valence-electron chi connectivity index (χ0n) is 30.0. The number of hydrogen-bond donors (Lipinski definition) is 1. The number of benzene rings is 3. The number of aliphatic hydroxyl groups is 1. The monoisotopic (exact) mass is 837 g/mol. The Kier molecular flexibility index (Phi) is 14.3. The molecule has 4 aromatic rings. The number of carbonyl (C=O) groups is 1. The average Bonchev–Trinajstić information content (AvgIpc) is 2.97. The van der Waals surface area contributed by atoms with E-state index >= 15 is 8.78 Å². The molecule has 4 rings (SSSR count). The zero-order valence-corrected chi connectivity index (χ0v) is 33.4. The van der Waals surface area contributed by atoms with Gasteiger partial charge in [0.15, 0.2) is 5.78 Å².